The summed E-state index contributed by atoms with van der Waals surface area (Å²) in [5.41, 5.74) is 0.256. The van der Waals surface area contributed by atoms with Crippen molar-refractivity contribution in [3.63, 3.8) is 0 Å². The Labute approximate surface area is 185 Å². The molecule has 0 radical (unpaired) electrons. The van der Waals surface area contributed by atoms with Crippen LogP contribution >= 0.6 is 0 Å². The van der Waals surface area contributed by atoms with Gasteiger partial charge in [0.2, 0.25) is 0 Å². The average Bonchev–Trinajstić information content (AvgIpc) is 3.44. The molecule has 1 aromatic heterocycles. The maximum absolute atomic E-state index is 13.1. The van der Waals surface area contributed by atoms with E-state index < -0.39 is 17.7 Å². The number of amides is 1. The van der Waals surface area contributed by atoms with Crippen LogP contribution in [0.25, 0.3) is 5.76 Å². The molecule has 2 aliphatic rings. The third kappa shape index (κ3) is 4.09. The normalized spacial score (nSPS) is 21.2. The molecule has 0 spiro atoms. The highest BCUT2D eigenvalue weighted by Gasteiger charge is 2.47. The summed E-state index contributed by atoms with van der Waals surface area (Å²) in [5, 5.41) is 11.2. The van der Waals surface area contributed by atoms with Gasteiger partial charge in [-0.05, 0) is 24.3 Å². The number of ketones is 1. The van der Waals surface area contributed by atoms with Gasteiger partial charge in [0.05, 0.1) is 44.8 Å². The van der Waals surface area contributed by atoms with E-state index in [1.54, 1.807) is 30.3 Å². The number of furan rings is 1. The van der Waals surface area contributed by atoms with Gasteiger partial charge in [-0.3, -0.25) is 14.5 Å². The molecule has 0 bridgehead atoms. The minimum atomic E-state index is -0.835. The third-order valence-corrected chi connectivity index (χ3v) is 5.78. The minimum absolute atomic E-state index is 0.0320. The highest BCUT2D eigenvalue weighted by molar-refractivity contribution is 6.46. The fourth-order valence-electron chi connectivity index (χ4n) is 4.07. The zero-order valence-corrected chi connectivity index (χ0v) is 18.1. The molecule has 1 amide bonds. The van der Waals surface area contributed by atoms with E-state index in [0.29, 0.717) is 43.6 Å². The van der Waals surface area contributed by atoms with Crippen LogP contribution in [0.4, 0.5) is 0 Å². The van der Waals surface area contributed by atoms with Gasteiger partial charge in [-0.1, -0.05) is 0 Å². The van der Waals surface area contributed by atoms with E-state index in [4.69, 9.17) is 18.6 Å². The van der Waals surface area contributed by atoms with E-state index in [9.17, 15) is 14.7 Å². The number of carbonyl (C=O) groups is 2. The lowest BCUT2D eigenvalue weighted by atomic mass is 9.98. The molecular weight excluding hydrogens is 416 g/mol. The molecule has 2 saturated heterocycles. The molecule has 4 rings (SSSR count). The molecule has 2 aliphatic heterocycles. The first kappa shape index (κ1) is 21.9. The van der Waals surface area contributed by atoms with Crippen molar-refractivity contribution < 1.29 is 33.3 Å². The van der Waals surface area contributed by atoms with E-state index >= 15 is 0 Å². The molecule has 1 N–H and O–H groups in total. The first-order valence-electron chi connectivity index (χ1n) is 10.4. The number of aliphatic hydroxyl groups is 1. The largest absolute Gasteiger partial charge is 0.507 e. The van der Waals surface area contributed by atoms with E-state index in [1.165, 1.54) is 25.4 Å². The van der Waals surface area contributed by atoms with Crippen molar-refractivity contribution in [2.45, 2.75) is 6.04 Å². The number of ether oxygens (including phenoxy) is 3. The summed E-state index contributed by atoms with van der Waals surface area (Å²) in [6.45, 7) is 3.69. The third-order valence-electron chi connectivity index (χ3n) is 5.78. The molecule has 32 heavy (non-hydrogen) atoms. The zero-order chi connectivity index (χ0) is 22.7. The lowest BCUT2D eigenvalue weighted by molar-refractivity contribution is -0.140. The van der Waals surface area contributed by atoms with Crippen molar-refractivity contribution in [3.8, 4) is 11.5 Å². The van der Waals surface area contributed by atoms with Crippen LogP contribution in [0.15, 0.2) is 46.6 Å². The summed E-state index contributed by atoms with van der Waals surface area (Å²) in [4.78, 5) is 29.7. The number of likely N-dealkylation sites (tertiary alicyclic amines) is 1. The first-order chi connectivity index (χ1) is 15.5. The summed E-state index contributed by atoms with van der Waals surface area (Å²) in [5.74, 6) is -0.498. The number of hydrogen-bond acceptors (Lipinski definition) is 8. The SMILES string of the molecule is COc1ccc(C(O)=C2C(=O)C(=O)N(CCN3CCOCC3)[C@@H]2c2ccco2)c(OC)c1. The lowest BCUT2D eigenvalue weighted by Crippen LogP contribution is -2.42. The van der Waals surface area contributed by atoms with Crippen molar-refractivity contribution >= 4 is 17.4 Å². The number of morpholine rings is 1. The van der Waals surface area contributed by atoms with Crippen LogP contribution in [0.2, 0.25) is 0 Å². The Hall–Kier alpha value is -3.30. The first-order valence-corrected chi connectivity index (χ1v) is 10.4. The van der Waals surface area contributed by atoms with Crippen LogP contribution in [0.1, 0.15) is 17.4 Å². The molecule has 3 heterocycles. The number of carbonyl (C=O) groups excluding carboxylic acids is 2. The van der Waals surface area contributed by atoms with Crippen molar-refractivity contribution in [1.29, 1.82) is 0 Å². The van der Waals surface area contributed by atoms with Crippen molar-refractivity contribution in [1.82, 2.24) is 9.80 Å². The summed E-state index contributed by atoms with van der Waals surface area (Å²) >= 11 is 0. The summed E-state index contributed by atoms with van der Waals surface area (Å²) in [6.07, 6.45) is 1.48. The van der Waals surface area contributed by atoms with E-state index in [2.05, 4.69) is 4.90 Å². The van der Waals surface area contributed by atoms with Gasteiger partial charge in [0.1, 0.15) is 29.1 Å². The summed E-state index contributed by atoms with van der Waals surface area (Å²) in [6, 6.07) is 7.38. The molecule has 0 saturated carbocycles. The van der Waals surface area contributed by atoms with E-state index in [-0.39, 0.29) is 16.9 Å². The van der Waals surface area contributed by atoms with Gasteiger partial charge in [0.15, 0.2) is 0 Å². The molecule has 170 valence electrons. The zero-order valence-electron chi connectivity index (χ0n) is 18.1. The highest BCUT2D eigenvalue weighted by atomic mass is 16.5. The van der Waals surface area contributed by atoms with Crippen LogP contribution in [-0.4, -0.2) is 80.2 Å². The molecule has 0 unspecified atom stereocenters. The number of rotatable bonds is 7. The van der Waals surface area contributed by atoms with Crippen LogP contribution in [0.5, 0.6) is 11.5 Å². The number of benzene rings is 1. The average molecular weight is 442 g/mol. The van der Waals surface area contributed by atoms with Crippen molar-refractivity contribution in [2.24, 2.45) is 0 Å². The second-order valence-electron chi connectivity index (χ2n) is 7.53. The van der Waals surface area contributed by atoms with Crippen LogP contribution < -0.4 is 9.47 Å². The number of methoxy groups -OCH3 is 2. The Kier molecular flexibility index (Phi) is 6.48. The molecule has 0 aliphatic carbocycles. The van der Waals surface area contributed by atoms with Gasteiger partial charge in [-0.2, -0.15) is 0 Å². The number of aliphatic hydroxyl groups excluding tert-OH is 1. The predicted molar refractivity (Wildman–Crippen MR) is 115 cm³/mol. The summed E-state index contributed by atoms with van der Waals surface area (Å²) < 4.78 is 21.5. The molecule has 9 heteroatoms. The molecule has 2 fully saturated rings. The fourth-order valence-corrected chi connectivity index (χ4v) is 4.07. The Bertz CT molecular complexity index is 1010. The number of Topliss-reactive ketones (excluding diaryl/α,β-unsaturated/α-hetero) is 1. The monoisotopic (exact) mass is 442 g/mol. The van der Waals surface area contributed by atoms with Crippen LogP contribution in [-0.2, 0) is 14.3 Å². The van der Waals surface area contributed by atoms with Crippen molar-refractivity contribution in [2.75, 3.05) is 53.6 Å². The predicted octanol–water partition coefficient (Wildman–Crippen LogP) is 2.05. The van der Waals surface area contributed by atoms with Crippen LogP contribution in [0.3, 0.4) is 0 Å². The minimum Gasteiger partial charge on any atom is -0.507 e. The smallest absolute Gasteiger partial charge is 0.295 e. The highest BCUT2D eigenvalue weighted by Crippen LogP contribution is 2.41. The lowest BCUT2D eigenvalue weighted by Gasteiger charge is -2.30. The fraction of sp³-hybridized carbons (Fsp3) is 0.391. The quantitative estimate of drug-likeness (QED) is 0.395. The second-order valence-corrected chi connectivity index (χ2v) is 7.53. The maximum atomic E-state index is 13.1. The summed E-state index contributed by atoms with van der Waals surface area (Å²) in [7, 11) is 2.97. The maximum Gasteiger partial charge on any atom is 0.295 e. The standard InChI is InChI=1S/C23H26N2O7/c1-29-15-5-6-16(18(14-15)30-2)21(26)19-20(17-4-3-11-32-17)25(23(28)22(19)27)8-7-24-9-12-31-13-10-24/h3-6,11,14,20,26H,7-10,12-13H2,1-2H3/t20-/m1/s1. The Morgan fingerprint density at radius 1 is 1.12 bits per heavy atom. The second kappa shape index (κ2) is 9.46. The van der Waals surface area contributed by atoms with Gasteiger partial charge in [0.25, 0.3) is 11.7 Å². The van der Waals surface area contributed by atoms with Gasteiger partial charge < -0.3 is 28.6 Å². The van der Waals surface area contributed by atoms with Gasteiger partial charge in [-0.15, -0.1) is 0 Å². The van der Waals surface area contributed by atoms with E-state index in [0.717, 1.165) is 13.1 Å². The molecular formula is C23H26N2O7. The Morgan fingerprint density at radius 3 is 2.56 bits per heavy atom. The number of nitrogens with zero attached hydrogens (tertiary/aromatic N) is 2. The molecule has 9 nitrogen and oxygen atoms in total. The van der Waals surface area contributed by atoms with Gasteiger partial charge in [0, 0.05) is 32.2 Å². The Morgan fingerprint density at radius 2 is 1.91 bits per heavy atom. The number of hydrogen-bond donors (Lipinski definition) is 1. The topological polar surface area (TPSA) is 102 Å². The van der Waals surface area contributed by atoms with E-state index in [1.807, 2.05) is 0 Å². The van der Waals surface area contributed by atoms with Crippen LogP contribution in [0, 0.1) is 0 Å². The van der Waals surface area contributed by atoms with Crippen molar-refractivity contribution in [3.05, 3.63) is 53.5 Å². The van der Waals surface area contributed by atoms with Gasteiger partial charge >= 0.3 is 0 Å². The Balaban J connectivity index is 1.73. The molecule has 1 aromatic carbocycles. The molecule has 2 aromatic rings. The molecule has 1 atom stereocenters. The van der Waals surface area contributed by atoms with Gasteiger partial charge in [-0.25, -0.2) is 0 Å².